The molecule has 0 unspecified atom stereocenters. The Hall–Kier alpha value is -2.60. The zero-order valence-corrected chi connectivity index (χ0v) is 18.4. The van der Waals surface area contributed by atoms with Gasteiger partial charge >= 0.3 is 5.97 Å². The second-order valence-corrected chi connectivity index (χ2v) is 9.21. The molecule has 2 aromatic rings. The van der Waals surface area contributed by atoms with Crippen molar-refractivity contribution in [3.63, 3.8) is 0 Å². The summed E-state index contributed by atoms with van der Waals surface area (Å²) in [6.07, 6.45) is 0. The van der Waals surface area contributed by atoms with Gasteiger partial charge in [-0.05, 0) is 36.8 Å². The third kappa shape index (κ3) is 5.41. The molecule has 3 rings (SSSR count). The molecule has 8 nitrogen and oxygen atoms in total. The van der Waals surface area contributed by atoms with Crippen LogP contribution in [0.3, 0.4) is 0 Å². The molecule has 1 saturated heterocycles. The Bertz CT molecular complexity index is 1150. The second kappa shape index (κ2) is 9.90. The first-order chi connectivity index (χ1) is 15.1. The number of benzene rings is 2. The van der Waals surface area contributed by atoms with E-state index in [1.807, 2.05) is 0 Å². The number of nitrogens with zero attached hydrogens (tertiary/aromatic N) is 1. The lowest BCUT2D eigenvalue weighted by atomic mass is 10.2. The molecule has 2 aromatic carbocycles. The van der Waals surface area contributed by atoms with Crippen LogP contribution in [0.2, 0.25) is 5.02 Å². The standard InChI is InChI=1S/C20H19ClF2N2O6S/c1-12-2-3-13(32(28,29)25-4-6-30-7-5-25)8-18(12)24-19(26)11-31-20(27)14-9-16(22)17(23)10-15(14)21/h2-3,8-10H,4-7,11H2,1H3,(H,24,26). The number of morpholine rings is 1. The Kier molecular flexibility index (Phi) is 7.44. The van der Waals surface area contributed by atoms with Gasteiger partial charge in [-0.1, -0.05) is 17.7 Å². The Labute approximate surface area is 188 Å². The van der Waals surface area contributed by atoms with E-state index in [-0.39, 0.29) is 28.7 Å². The zero-order chi connectivity index (χ0) is 23.5. The van der Waals surface area contributed by atoms with Crippen LogP contribution in [-0.2, 0) is 24.3 Å². The number of hydrogen-bond donors (Lipinski definition) is 1. The van der Waals surface area contributed by atoms with E-state index in [0.717, 1.165) is 0 Å². The van der Waals surface area contributed by atoms with E-state index in [2.05, 4.69) is 5.32 Å². The van der Waals surface area contributed by atoms with E-state index in [1.54, 1.807) is 6.92 Å². The quantitative estimate of drug-likeness (QED) is 0.495. The number of esters is 1. The average Bonchev–Trinajstić information content (AvgIpc) is 2.76. The van der Waals surface area contributed by atoms with Gasteiger partial charge in [0, 0.05) is 18.8 Å². The van der Waals surface area contributed by atoms with Crippen LogP contribution in [0.15, 0.2) is 35.2 Å². The molecule has 0 aromatic heterocycles. The molecule has 32 heavy (non-hydrogen) atoms. The van der Waals surface area contributed by atoms with Crippen molar-refractivity contribution in [2.24, 2.45) is 0 Å². The topological polar surface area (TPSA) is 102 Å². The highest BCUT2D eigenvalue weighted by Crippen LogP contribution is 2.24. The summed E-state index contributed by atoms with van der Waals surface area (Å²) in [6, 6.07) is 5.47. The van der Waals surface area contributed by atoms with Crippen LogP contribution in [-0.4, -0.2) is 57.5 Å². The largest absolute Gasteiger partial charge is 0.452 e. The van der Waals surface area contributed by atoms with Crippen molar-refractivity contribution in [2.45, 2.75) is 11.8 Å². The van der Waals surface area contributed by atoms with Crippen LogP contribution >= 0.6 is 11.6 Å². The summed E-state index contributed by atoms with van der Waals surface area (Å²) >= 11 is 5.71. The minimum absolute atomic E-state index is 0.00846. The fourth-order valence-corrected chi connectivity index (χ4v) is 4.57. The number of amides is 1. The highest BCUT2D eigenvalue weighted by molar-refractivity contribution is 7.89. The maximum atomic E-state index is 13.3. The van der Waals surface area contributed by atoms with Gasteiger partial charge in [-0.15, -0.1) is 0 Å². The summed E-state index contributed by atoms with van der Waals surface area (Å²) in [5.41, 5.74) is 0.355. The lowest BCUT2D eigenvalue weighted by Crippen LogP contribution is -2.40. The molecule has 1 aliphatic rings. The van der Waals surface area contributed by atoms with E-state index in [4.69, 9.17) is 21.1 Å². The Morgan fingerprint density at radius 2 is 1.81 bits per heavy atom. The first kappa shape index (κ1) is 24.1. The van der Waals surface area contributed by atoms with Gasteiger partial charge < -0.3 is 14.8 Å². The Balaban J connectivity index is 1.68. The van der Waals surface area contributed by atoms with Crippen LogP contribution in [0.4, 0.5) is 14.5 Å². The van der Waals surface area contributed by atoms with Gasteiger partial charge in [0.2, 0.25) is 10.0 Å². The molecule has 1 heterocycles. The maximum absolute atomic E-state index is 13.3. The van der Waals surface area contributed by atoms with Crippen molar-refractivity contribution in [3.05, 3.63) is 58.1 Å². The molecule has 0 radical (unpaired) electrons. The Morgan fingerprint density at radius 1 is 1.16 bits per heavy atom. The number of ether oxygens (including phenoxy) is 2. The van der Waals surface area contributed by atoms with Crippen LogP contribution < -0.4 is 5.32 Å². The summed E-state index contributed by atoms with van der Waals surface area (Å²) in [7, 11) is -3.78. The molecule has 1 aliphatic heterocycles. The highest BCUT2D eigenvalue weighted by atomic mass is 35.5. The average molecular weight is 489 g/mol. The van der Waals surface area contributed by atoms with Crippen molar-refractivity contribution in [1.82, 2.24) is 4.31 Å². The smallest absolute Gasteiger partial charge is 0.340 e. The molecule has 0 spiro atoms. The predicted octanol–water partition coefficient (Wildman–Crippen LogP) is 2.74. The highest BCUT2D eigenvalue weighted by Gasteiger charge is 2.27. The lowest BCUT2D eigenvalue weighted by Gasteiger charge is -2.26. The van der Waals surface area contributed by atoms with Crippen molar-refractivity contribution in [3.8, 4) is 0 Å². The van der Waals surface area contributed by atoms with Gasteiger partial charge in [0.25, 0.3) is 5.91 Å². The molecular weight excluding hydrogens is 470 g/mol. The molecular formula is C20H19ClF2N2O6S. The van der Waals surface area contributed by atoms with E-state index in [9.17, 15) is 26.8 Å². The monoisotopic (exact) mass is 488 g/mol. The molecule has 0 saturated carbocycles. The number of anilines is 1. The van der Waals surface area contributed by atoms with E-state index in [0.29, 0.717) is 30.9 Å². The van der Waals surface area contributed by atoms with Gasteiger partial charge in [-0.2, -0.15) is 4.31 Å². The van der Waals surface area contributed by atoms with Crippen molar-refractivity contribution in [2.75, 3.05) is 38.2 Å². The number of halogens is 3. The first-order valence-electron chi connectivity index (χ1n) is 9.39. The van der Waals surface area contributed by atoms with Crippen molar-refractivity contribution in [1.29, 1.82) is 0 Å². The van der Waals surface area contributed by atoms with E-state index >= 15 is 0 Å². The van der Waals surface area contributed by atoms with Gasteiger partial charge in [0.05, 0.1) is 28.7 Å². The fraction of sp³-hybridized carbons (Fsp3) is 0.300. The third-order valence-electron chi connectivity index (χ3n) is 4.66. The molecule has 172 valence electrons. The molecule has 1 N–H and O–H groups in total. The number of carbonyl (C=O) groups is 2. The number of hydrogen-bond acceptors (Lipinski definition) is 6. The second-order valence-electron chi connectivity index (χ2n) is 6.86. The molecule has 1 amide bonds. The number of sulfonamides is 1. The molecule has 1 fully saturated rings. The number of carbonyl (C=O) groups excluding carboxylic acids is 2. The summed E-state index contributed by atoms with van der Waals surface area (Å²) in [5.74, 6) is -4.41. The summed E-state index contributed by atoms with van der Waals surface area (Å²) in [4.78, 5) is 24.3. The third-order valence-corrected chi connectivity index (χ3v) is 6.86. The molecule has 12 heteroatoms. The van der Waals surface area contributed by atoms with Gasteiger partial charge in [-0.3, -0.25) is 4.79 Å². The van der Waals surface area contributed by atoms with Gasteiger partial charge in [0.1, 0.15) is 0 Å². The van der Waals surface area contributed by atoms with Crippen LogP contribution in [0.25, 0.3) is 0 Å². The minimum Gasteiger partial charge on any atom is -0.452 e. The SMILES string of the molecule is Cc1ccc(S(=O)(=O)N2CCOCC2)cc1NC(=O)COC(=O)c1cc(F)c(F)cc1Cl. The lowest BCUT2D eigenvalue weighted by molar-refractivity contribution is -0.119. The molecule has 0 bridgehead atoms. The van der Waals surface area contributed by atoms with Crippen LogP contribution in [0, 0.1) is 18.6 Å². The number of aryl methyl sites for hydroxylation is 1. The fourth-order valence-electron chi connectivity index (χ4n) is 2.91. The zero-order valence-electron chi connectivity index (χ0n) is 16.9. The van der Waals surface area contributed by atoms with E-state index in [1.165, 1.54) is 22.5 Å². The molecule has 0 atom stereocenters. The minimum atomic E-state index is -3.78. The molecule has 0 aliphatic carbocycles. The Morgan fingerprint density at radius 3 is 2.50 bits per heavy atom. The van der Waals surface area contributed by atoms with Crippen LogP contribution in [0.5, 0.6) is 0 Å². The number of nitrogens with one attached hydrogen (secondary N) is 1. The first-order valence-corrected chi connectivity index (χ1v) is 11.2. The summed E-state index contributed by atoms with van der Waals surface area (Å²) in [6.45, 7) is 1.94. The normalized spacial score (nSPS) is 14.8. The van der Waals surface area contributed by atoms with Gasteiger partial charge in [-0.25, -0.2) is 22.0 Å². The van der Waals surface area contributed by atoms with Crippen LogP contribution in [0.1, 0.15) is 15.9 Å². The van der Waals surface area contributed by atoms with Crippen molar-refractivity contribution >= 4 is 39.2 Å². The maximum Gasteiger partial charge on any atom is 0.340 e. The number of rotatable bonds is 6. The summed E-state index contributed by atoms with van der Waals surface area (Å²) < 4.78 is 63.4. The predicted molar refractivity (Wildman–Crippen MR) is 111 cm³/mol. The van der Waals surface area contributed by atoms with Crippen molar-refractivity contribution < 1.29 is 36.3 Å². The summed E-state index contributed by atoms with van der Waals surface area (Å²) in [5, 5.41) is 2.11. The van der Waals surface area contributed by atoms with Gasteiger partial charge in [0.15, 0.2) is 18.2 Å². The van der Waals surface area contributed by atoms with E-state index < -0.39 is 45.7 Å².